The molecule has 0 bridgehead atoms. The minimum Gasteiger partial charge on any atom is -0.459 e. The molecule has 1 rings (SSSR count). The fourth-order valence-electron chi connectivity index (χ4n) is 2.85. The number of carbonyl (C=O) groups excluding carboxylic acids is 2. The Hall–Kier alpha value is -1.18. The zero-order valence-electron chi connectivity index (χ0n) is 16.9. The first kappa shape index (κ1) is 22.9. The Bertz CT molecular complexity index is 503. The van der Waals surface area contributed by atoms with E-state index in [1.807, 2.05) is 6.92 Å². The highest BCUT2D eigenvalue weighted by Gasteiger charge is 2.53. The van der Waals surface area contributed by atoms with E-state index in [0.29, 0.717) is 12.8 Å². The molecule has 26 heavy (non-hydrogen) atoms. The fraction of sp³-hybridized carbons (Fsp3) is 0.895. The van der Waals surface area contributed by atoms with Gasteiger partial charge in [-0.2, -0.15) is 0 Å². The molecule has 0 aromatic carbocycles. The maximum Gasteiger partial charge on any atom is 0.311 e. The van der Waals surface area contributed by atoms with Crippen molar-refractivity contribution in [2.75, 3.05) is 0 Å². The minimum absolute atomic E-state index is 0.441. The number of ether oxygens (including phenoxy) is 2. The van der Waals surface area contributed by atoms with Gasteiger partial charge >= 0.3 is 11.9 Å². The van der Waals surface area contributed by atoms with Gasteiger partial charge in [0.15, 0.2) is 6.10 Å². The first-order valence-electron chi connectivity index (χ1n) is 9.18. The fourth-order valence-corrected chi connectivity index (χ4v) is 2.85. The van der Waals surface area contributed by atoms with Crippen LogP contribution in [0.4, 0.5) is 0 Å². The summed E-state index contributed by atoms with van der Waals surface area (Å²) in [6.45, 7) is 11.9. The molecule has 1 fully saturated rings. The summed E-state index contributed by atoms with van der Waals surface area (Å²) >= 11 is 0. The van der Waals surface area contributed by atoms with Crippen LogP contribution < -0.4 is 0 Å². The van der Waals surface area contributed by atoms with E-state index in [2.05, 4.69) is 0 Å². The van der Waals surface area contributed by atoms with Gasteiger partial charge in [0.2, 0.25) is 0 Å². The third-order valence-corrected chi connectivity index (χ3v) is 4.55. The lowest BCUT2D eigenvalue weighted by Gasteiger charge is -2.45. The number of carbonyl (C=O) groups is 2. The Morgan fingerprint density at radius 3 is 1.54 bits per heavy atom. The van der Waals surface area contributed by atoms with Gasteiger partial charge < -0.3 is 24.8 Å². The van der Waals surface area contributed by atoms with Crippen LogP contribution in [0.1, 0.15) is 61.3 Å². The number of esters is 2. The Kier molecular flexibility index (Phi) is 7.24. The van der Waals surface area contributed by atoms with Crippen molar-refractivity contribution in [3.8, 4) is 0 Å². The van der Waals surface area contributed by atoms with Crippen LogP contribution in [0.25, 0.3) is 0 Å². The zero-order chi connectivity index (χ0) is 20.4. The van der Waals surface area contributed by atoms with Gasteiger partial charge in [-0.3, -0.25) is 9.59 Å². The van der Waals surface area contributed by atoms with Crippen LogP contribution >= 0.6 is 0 Å². The Morgan fingerprint density at radius 2 is 1.15 bits per heavy atom. The van der Waals surface area contributed by atoms with Gasteiger partial charge in [0, 0.05) is 5.92 Å². The van der Waals surface area contributed by atoms with Gasteiger partial charge in [-0.25, -0.2) is 0 Å². The van der Waals surface area contributed by atoms with Crippen molar-refractivity contribution >= 4 is 11.9 Å². The second kappa shape index (κ2) is 8.23. The molecule has 0 saturated heterocycles. The van der Waals surface area contributed by atoms with Crippen LogP contribution in [0, 0.1) is 16.7 Å². The summed E-state index contributed by atoms with van der Waals surface area (Å²) in [5.74, 6) is -1.78. The summed E-state index contributed by atoms with van der Waals surface area (Å²) < 4.78 is 10.8. The monoisotopic (exact) mass is 374 g/mol. The molecule has 0 radical (unpaired) electrons. The minimum atomic E-state index is -1.55. The molecule has 1 aliphatic carbocycles. The summed E-state index contributed by atoms with van der Waals surface area (Å²) in [6, 6.07) is 0. The molecule has 1 saturated carbocycles. The molecule has 0 heterocycles. The SMILES string of the molecule is CCCC1C(O)C(OC(=O)C(C)(C)C)C(O)C(O)C1OC(=O)C(C)(C)C. The molecule has 3 N–H and O–H groups in total. The van der Waals surface area contributed by atoms with E-state index in [0.717, 1.165) is 0 Å². The maximum absolute atomic E-state index is 12.3. The van der Waals surface area contributed by atoms with Gasteiger partial charge in [0.05, 0.1) is 10.8 Å². The van der Waals surface area contributed by atoms with Crippen molar-refractivity contribution in [2.24, 2.45) is 16.7 Å². The number of rotatable bonds is 4. The van der Waals surface area contributed by atoms with E-state index < -0.39 is 59.2 Å². The van der Waals surface area contributed by atoms with Crippen LogP contribution in [0.2, 0.25) is 0 Å². The molecule has 1 aliphatic rings. The second-order valence-electron chi connectivity index (χ2n) is 9.16. The molecule has 7 heteroatoms. The van der Waals surface area contributed by atoms with E-state index >= 15 is 0 Å². The molecule has 0 aliphatic heterocycles. The standard InChI is InChI=1S/C19H34O7/c1-8-9-10-11(20)15(26-17(24)19(5,6)7)13(22)12(21)14(10)25-16(23)18(2,3)4/h10-15,20-22H,8-9H2,1-7H3. The predicted molar refractivity (Wildman–Crippen MR) is 95.1 cm³/mol. The van der Waals surface area contributed by atoms with E-state index in [-0.39, 0.29) is 0 Å². The molecule has 7 nitrogen and oxygen atoms in total. The third kappa shape index (κ3) is 5.18. The number of aliphatic hydroxyl groups is 3. The third-order valence-electron chi connectivity index (χ3n) is 4.55. The van der Waals surface area contributed by atoms with E-state index in [1.54, 1.807) is 41.5 Å². The van der Waals surface area contributed by atoms with Crippen molar-refractivity contribution in [3.05, 3.63) is 0 Å². The van der Waals surface area contributed by atoms with Crippen molar-refractivity contribution in [3.63, 3.8) is 0 Å². The summed E-state index contributed by atoms with van der Waals surface area (Å²) in [5, 5.41) is 31.6. The van der Waals surface area contributed by atoms with Crippen LogP contribution in [0.5, 0.6) is 0 Å². The Labute approximate surface area is 155 Å². The van der Waals surface area contributed by atoms with Gasteiger partial charge in [-0.1, -0.05) is 13.3 Å². The van der Waals surface area contributed by atoms with E-state index in [4.69, 9.17) is 9.47 Å². The number of aliphatic hydroxyl groups excluding tert-OH is 3. The van der Waals surface area contributed by atoms with Crippen molar-refractivity contribution in [1.29, 1.82) is 0 Å². The molecule has 0 aromatic heterocycles. The summed E-state index contributed by atoms with van der Waals surface area (Å²) in [4.78, 5) is 24.4. The quantitative estimate of drug-likeness (QED) is 0.638. The smallest absolute Gasteiger partial charge is 0.311 e. The molecular weight excluding hydrogens is 340 g/mol. The summed E-state index contributed by atoms with van der Waals surface area (Å²) in [6.07, 6.45) is -5.52. The average molecular weight is 374 g/mol. The van der Waals surface area contributed by atoms with E-state index in [1.165, 1.54) is 0 Å². The maximum atomic E-state index is 12.3. The zero-order valence-corrected chi connectivity index (χ0v) is 16.9. The Morgan fingerprint density at radius 1 is 0.769 bits per heavy atom. The van der Waals surface area contributed by atoms with Gasteiger partial charge in [-0.15, -0.1) is 0 Å². The second-order valence-corrected chi connectivity index (χ2v) is 9.16. The largest absolute Gasteiger partial charge is 0.459 e. The van der Waals surface area contributed by atoms with Crippen molar-refractivity contribution < 1.29 is 34.4 Å². The normalized spacial score (nSPS) is 32.8. The lowest BCUT2D eigenvalue weighted by atomic mass is 9.76. The van der Waals surface area contributed by atoms with E-state index in [9.17, 15) is 24.9 Å². The van der Waals surface area contributed by atoms with Gasteiger partial charge in [0.25, 0.3) is 0 Å². The Balaban J connectivity index is 3.08. The van der Waals surface area contributed by atoms with Crippen LogP contribution in [0.3, 0.4) is 0 Å². The summed E-state index contributed by atoms with van der Waals surface area (Å²) in [5.41, 5.74) is -1.61. The molecule has 0 aromatic rings. The lowest BCUT2D eigenvalue weighted by Crippen LogP contribution is -2.63. The molecular formula is C19H34O7. The first-order valence-corrected chi connectivity index (χ1v) is 9.18. The highest BCUT2D eigenvalue weighted by atomic mass is 16.6. The first-order chi connectivity index (χ1) is 11.7. The van der Waals surface area contributed by atoms with Crippen LogP contribution in [-0.2, 0) is 19.1 Å². The lowest BCUT2D eigenvalue weighted by molar-refractivity contribution is -0.233. The molecule has 6 atom stereocenters. The topological polar surface area (TPSA) is 113 Å². The average Bonchev–Trinajstić information content (AvgIpc) is 2.50. The van der Waals surface area contributed by atoms with Crippen molar-refractivity contribution in [1.82, 2.24) is 0 Å². The van der Waals surface area contributed by atoms with Crippen molar-refractivity contribution in [2.45, 2.75) is 91.8 Å². The van der Waals surface area contributed by atoms with Crippen LogP contribution in [-0.4, -0.2) is 57.8 Å². The molecule has 6 unspecified atom stereocenters. The van der Waals surface area contributed by atoms with Gasteiger partial charge in [0.1, 0.15) is 24.4 Å². The predicted octanol–water partition coefficient (Wildman–Crippen LogP) is 1.41. The van der Waals surface area contributed by atoms with Crippen LogP contribution in [0.15, 0.2) is 0 Å². The number of hydrogen-bond donors (Lipinski definition) is 3. The summed E-state index contributed by atoms with van der Waals surface area (Å²) in [7, 11) is 0. The highest BCUT2D eigenvalue weighted by Crippen LogP contribution is 2.35. The van der Waals surface area contributed by atoms with Gasteiger partial charge in [-0.05, 0) is 48.0 Å². The molecule has 0 spiro atoms. The molecule has 0 amide bonds. The molecule has 152 valence electrons. The highest BCUT2D eigenvalue weighted by molar-refractivity contribution is 5.76. The number of hydrogen-bond acceptors (Lipinski definition) is 7.